The highest BCUT2D eigenvalue weighted by Crippen LogP contribution is 2.38. The van der Waals surface area contributed by atoms with Gasteiger partial charge in [-0.15, -0.1) is 0 Å². The van der Waals surface area contributed by atoms with Gasteiger partial charge < -0.3 is 0 Å². The summed E-state index contributed by atoms with van der Waals surface area (Å²) in [5.74, 6) is 0. The topological polar surface area (TPSA) is 37.4 Å². The van der Waals surface area contributed by atoms with E-state index in [1.54, 1.807) is 10.4 Å². The summed E-state index contributed by atoms with van der Waals surface area (Å²) in [6, 6.07) is 11.3. The zero-order valence-electron chi connectivity index (χ0n) is 12.8. The Labute approximate surface area is 140 Å². The Bertz CT molecular complexity index is 846. The zero-order valence-corrected chi connectivity index (χ0v) is 15.2. The summed E-state index contributed by atoms with van der Waals surface area (Å²) in [6.07, 6.45) is 0.751. The molecule has 0 aliphatic carbocycles. The van der Waals surface area contributed by atoms with Gasteiger partial charge in [0.1, 0.15) is 0 Å². The smallest absolute Gasteiger partial charge is 0.263 e. The molecule has 1 aliphatic rings. The quantitative estimate of drug-likeness (QED) is 0.783. The van der Waals surface area contributed by atoms with Crippen LogP contribution < -0.4 is 4.31 Å². The van der Waals surface area contributed by atoms with Gasteiger partial charge in [-0.05, 0) is 56.0 Å². The monoisotopic (exact) mass is 379 g/mol. The number of aryl methyl sites for hydroxylation is 2. The van der Waals surface area contributed by atoms with Crippen molar-refractivity contribution in [1.29, 1.82) is 0 Å². The van der Waals surface area contributed by atoms with Crippen molar-refractivity contribution in [2.75, 3.05) is 4.31 Å². The molecule has 0 amide bonds. The van der Waals surface area contributed by atoms with Crippen molar-refractivity contribution >= 4 is 31.6 Å². The molecule has 1 atom stereocenters. The molecule has 0 saturated heterocycles. The molecule has 116 valence electrons. The molecule has 0 N–H and O–H groups in total. The molecule has 0 saturated carbocycles. The van der Waals surface area contributed by atoms with Crippen molar-refractivity contribution in [1.82, 2.24) is 0 Å². The number of benzene rings is 2. The maximum Gasteiger partial charge on any atom is 0.264 e. The average Bonchev–Trinajstić information content (AvgIpc) is 2.79. The molecule has 0 unspecified atom stereocenters. The summed E-state index contributed by atoms with van der Waals surface area (Å²) in [4.78, 5) is 0.369. The summed E-state index contributed by atoms with van der Waals surface area (Å²) in [5, 5.41) is 0. The first-order valence-electron chi connectivity index (χ1n) is 7.21. The van der Waals surface area contributed by atoms with Crippen molar-refractivity contribution in [3.05, 3.63) is 57.6 Å². The van der Waals surface area contributed by atoms with E-state index < -0.39 is 10.0 Å². The van der Waals surface area contributed by atoms with E-state index in [9.17, 15) is 8.42 Å². The van der Waals surface area contributed by atoms with Crippen molar-refractivity contribution in [3.63, 3.8) is 0 Å². The highest BCUT2D eigenvalue weighted by atomic mass is 79.9. The minimum atomic E-state index is -3.57. The number of fused-ring (bicyclic) bond motifs is 1. The van der Waals surface area contributed by atoms with Crippen LogP contribution in [0.4, 0.5) is 5.69 Å². The van der Waals surface area contributed by atoms with E-state index in [2.05, 4.69) is 15.9 Å². The Kier molecular flexibility index (Phi) is 3.81. The molecule has 0 radical (unpaired) electrons. The van der Waals surface area contributed by atoms with E-state index in [1.165, 1.54) is 0 Å². The van der Waals surface area contributed by atoms with Crippen molar-refractivity contribution in [3.8, 4) is 0 Å². The predicted molar refractivity (Wildman–Crippen MR) is 92.9 cm³/mol. The summed E-state index contributed by atoms with van der Waals surface area (Å²) in [6.45, 7) is 5.76. The van der Waals surface area contributed by atoms with Gasteiger partial charge in [0.25, 0.3) is 10.0 Å². The predicted octanol–water partition coefficient (Wildman–Crippen LogP) is 4.21. The normalized spacial score (nSPS) is 17.6. The van der Waals surface area contributed by atoms with E-state index in [-0.39, 0.29) is 6.04 Å². The third-order valence-corrected chi connectivity index (χ3v) is 7.06. The lowest BCUT2D eigenvalue weighted by molar-refractivity contribution is 0.583. The van der Waals surface area contributed by atoms with Gasteiger partial charge in [0.15, 0.2) is 0 Å². The maximum absolute atomic E-state index is 13.2. The first-order valence-corrected chi connectivity index (χ1v) is 9.45. The Balaban J connectivity index is 2.17. The first kappa shape index (κ1) is 15.6. The van der Waals surface area contributed by atoms with Crippen LogP contribution >= 0.6 is 15.9 Å². The fraction of sp³-hybridized carbons (Fsp3) is 0.294. The largest absolute Gasteiger partial charge is 0.264 e. The van der Waals surface area contributed by atoms with Gasteiger partial charge in [-0.25, -0.2) is 8.42 Å². The van der Waals surface area contributed by atoms with Crippen LogP contribution in [0.25, 0.3) is 0 Å². The van der Waals surface area contributed by atoms with Gasteiger partial charge in [0.05, 0.1) is 10.6 Å². The third kappa shape index (κ3) is 2.36. The van der Waals surface area contributed by atoms with Crippen LogP contribution in [0.1, 0.15) is 23.6 Å². The molecular formula is C17H18BrNO2S. The van der Waals surface area contributed by atoms with Crippen LogP contribution in [-0.2, 0) is 16.4 Å². The summed E-state index contributed by atoms with van der Waals surface area (Å²) in [5.41, 5.74) is 3.69. The second-order valence-electron chi connectivity index (χ2n) is 5.85. The van der Waals surface area contributed by atoms with Crippen LogP contribution in [0.15, 0.2) is 45.8 Å². The lowest BCUT2D eigenvalue weighted by Crippen LogP contribution is -2.36. The van der Waals surface area contributed by atoms with E-state index in [1.807, 2.05) is 51.1 Å². The number of hydrogen-bond acceptors (Lipinski definition) is 2. The van der Waals surface area contributed by atoms with Gasteiger partial charge in [-0.2, -0.15) is 0 Å². The zero-order chi connectivity index (χ0) is 16.1. The van der Waals surface area contributed by atoms with E-state index in [4.69, 9.17) is 0 Å². The SMILES string of the molecule is Cc1cc(C)c(S(=O)(=O)N2c3ccccc3C[C@H]2C)cc1Br. The van der Waals surface area contributed by atoms with Crippen LogP contribution in [0.3, 0.4) is 0 Å². The van der Waals surface area contributed by atoms with Gasteiger partial charge in [-0.1, -0.05) is 40.2 Å². The molecule has 5 heteroatoms. The molecule has 22 heavy (non-hydrogen) atoms. The molecule has 2 aromatic carbocycles. The standard InChI is InChI=1S/C17H18BrNO2S/c1-11-8-12(2)17(10-15(11)18)22(20,21)19-13(3)9-14-6-4-5-7-16(14)19/h4-8,10,13H,9H2,1-3H3/t13-/m1/s1. The minimum Gasteiger partial charge on any atom is -0.263 e. The van der Waals surface area contributed by atoms with Gasteiger partial charge >= 0.3 is 0 Å². The molecular weight excluding hydrogens is 362 g/mol. The minimum absolute atomic E-state index is 0.0677. The van der Waals surface area contributed by atoms with Crippen molar-refractivity contribution in [2.24, 2.45) is 0 Å². The molecule has 2 aromatic rings. The Morgan fingerprint density at radius 2 is 1.82 bits per heavy atom. The Hall–Kier alpha value is -1.33. The lowest BCUT2D eigenvalue weighted by atomic mass is 10.1. The van der Waals surface area contributed by atoms with Crippen LogP contribution in [0.2, 0.25) is 0 Å². The second-order valence-corrected chi connectivity index (χ2v) is 8.49. The lowest BCUT2D eigenvalue weighted by Gasteiger charge is -2.25. The molecule has 1 aliphatic heterocycles. The number of anilines is 1. The molecule has 3 rings (SSSR count). The number of nitrogens with zero attached hydrogens (tertiary/aromatic N) is 1. The molecule has 0 spiro atoms. The molecule has 3 nitrogen and oxygen atoms in total. The molecule has 1 heterocycles. The van der Waals surface area contributed by atoms with E-state index >= 15 is 0 Å². The number of hydrogen-bond donors (Lipinski definition) is 0. The first-order chi connectivity index (χ1) is 10.3. The summed E-state index contributed by atoms with van der Waals surface area (Å²) in [7, 11) is -3.57. The third-order valence-electron chi connectivity index (χ3n) is 4.14. The van der Waals surface area contributed by atoms with Crippen molar-refractivity contribution < 1.29 is 8.42 Å². The number of halogens is 1. The summed E-state index contributed by atoms with van der Waals surface area (Å²) < 4.78 is 28.8. The average molecular weight is 380 g/mol. The molecule has 0 aromatic heterocycles. The van der Waals surface area contributed by atoms with Crippen LogP contribution in [0, 0.1) is 13.8 Å². The van der Waals surface area contributed by atoms with E-state index in [0.717, 1.165) is 33.3 Å². The Morgan fingerprint density at radius 1 is 1.14 bits per heavy atom. The van der Waals surface area contributed by atoms with Crippen molar-refractivity contribution in [2.45, 2.75) is 38.1 Å². The highest BCUT2D eigenvalue weighted by molar-refractivity contribution is 9.10. The van der Waals surface area contributed by atoms with Crippen LogP contribution in [-0.4, -0.2) is 14.5 Å². The molecule has 0 bridgehead atoms. The Morgan fingerprint density at radius 3 is 2.55 bits per heavy atom. The number of para-hydroxylation sites is 1. The van der Waals surface area contributed by atoms with Gasteiger partial charge in [0.2, 0.25) is 0 Å². The molecule has 0 fully saturated rings. The second kappa shape index (κ2) is 5.39. The van der Waals surface area contributed by atoms with Gasteiger partial charge in [-0.3, -0.25) is 4.31 Å². The van der Waals surface area contributed by atoms with Crippen LogP contribution in [0.5, 0.6) is 0 Å². The summed E-state index contributed by atoms with van der Waals surface area (Å²) >= 11 is 3.45. The highest BCUT2D eigenvalue weighted by Gasteiger charge is 2.36. The number of rotatable bonds is 2. The number of sulfonamides is 1. The van der Waals surface area contributed by atoms with Gasteiger partial charge in [0, 0.05) is 10.5 Å². The fourth-order valence-electron chi connectivity index (χ4n) is 3.09. The maximum atomic E-state index is 13.2. The van der Waals surface area contributed by atoms with E-state index in [0.29, 0.717) is 4.90 Å². The fourth-order valence-corrected chi connectivity index (χ4v) is 5.52.